The van der Waals surface area contributed by atoms with Gasteiger partial charge in [0.15, 0.2) is 0 Å². The van der Waals surface area contributed by atoms with Crippen LogP contribution in [0.5, 0.6) is 0 Å². The maximum absolute atomic E-state index is 13.9. The molecular weight excluding hydrogens is 268 g/mol. The number of hydrogen-bond acceptors (Lipinski definition) is 1. The van der Waals surface area contributed by atoms with E-state index in [2.05, 4.69) is 6.92 Å². The highest BCUT2D eigenvalue weighted by Crippen LogP contribution is 2.38. The zero-order valence-corrected chi connectivity index (χ0v) is 11.9. The molecule has 0 aromatic heterocycles. The Hall–Kier alpha value is -0.670. The fraction of sp³-hybridized carbons (Fsp3) is 0.600. The highest BCUT2D eigenvalue weighted by Gasteiger charge is 2.28. The zero-order valence-electron chi connectivity index (χ0n) is 11.1. The lowest BCUT2D eigenvalue weighted by Crippen LogP contribution is -2.27. The summed E-state index contributed by atoms with van der Waals surface area (Å²) in [5, 5.41) is -0.191. The molecule has 1 saturated carbocycles. The van der Waals surface area contributed by atoms with Gasteiger partial charge in [-0.25, -0.2) is 8.78 Å². The molecule has 1 nitrogen and oxygen atoms in total. The molecule has 2 N–H and O–H groups in total. The van der Waals surface area contributed by atoms with Gasteiger partial charge in [0.05, 0.1) is 5.02 Å². The summed E-state index contributed by atoms with van der Waals surface area (Å²) in [4.78, 5) is 0. The molecule has 0 amide bonds. The second-order valence-electron chi connectivity index (χ2n) is 5.51. The van der Waals surface area contributed by atoms with Gasteiger partial charge in [0.1, 0.15) is 11.6 Å². The van der Waals surface area contributed by atoms with Crippen molar-refractivity contribution in [2.75, 3.05) is 0 Å². The fourth-order valence-corrected chi connectivity index (χ4v) is 3.23. The lowest BCUT2D eigenvalue weighted by molar-refractivity contribution is 0.228. The Morgan fingerprint density at radius 3 is 2.74 bits per heavy atom. The molecule has 0 aliphatic heterocycles. The molecule has 106 valence electrons. The normalized spacial score (nSPS) is 25.3. The summed E-state index contributed by atoms with van der Waals surface area (Å²) in [6.07, 6.45) is 5.45. The SMILES string of the molecule is CCC1CCCC(C(N)c2cc(F)c(Cl)cc2F)C1. The molecular formula is C15H20ClF2N. The van der Waals surface area contributed by atoms with Crippen molar-refractivity contribution in [2.24, 2.45) is 17.6 Å². The van der Waals surface area contributed by atoms with E-state index in [1.807, 2.05) is 0 Å². The average Bonchev–Trinajstić information content (AvgIpc) is 2.42. The Kier molecular flexibility index (Phi) is 4.80. The molecule has 0 saturated heterocycles. The van der Waals surface area contributed by atoms with Crippen LogP contribution in [-0.4, -0.2) is 0 Å². The zero-order chi connectivity index (χ0) is 14.0. The first-order valence-electron chi connectivity index (χ1n) is 6.93. The standard InChI is InChI=1S/C15H20ClF2N/c1-2-9-4-3-5-10(6-9)15(19)11-7-14(18)12(16)8-13(11)17/h7-10,15H,2-6,19H2,1H3. The van der Waals surface area contributed by atoms with E-state index in [-0.39, 0.29) is 16.5 Å². The monoisotopic (exact) mass is 287 g/mol. The van der Waals surface area contributed by atoms with E-state index in [1.54, 1.807) is 0 Å². The van der Waals surface area contributed by atoms with Gasteiger partial charge in [-0.1, -0.05) is 37.8 Å². The van der Waals surface area contributed by atoms with Crippen molar-refractivity contribution in [1.82, 2.24) is 0 Å². The van der Waals surface area contributed by atoms with Gasteiger partial charge in [-0.3, -0.25) is 0 Å². The van der Waals surface area contributed by atoms with Crippen LogP contribution in [0.15, 0.2) is 12.1 Å². The molecule has 0 bridgehead atoms. The molecule has 1 aliphatic carbocycles. The Bertz CT molecular complexity index is 450. The van der Waals surface area contributed by atoms with E-state index in [0.717, 1.165) is 37.8 Å². The largest absolute Gasteiger partial charge is 0.324 e. The average molecular weight is 288 g/mol. The van der Waals surface area contributed by atoms with E-state index >= 15 is 0 Å². The summed E-state index contributed by atoms with van der Waals surface area (Å²) < 4.78 is 27.4. The topological polar surface area (TPSA) is 26.0 Å². The Morgan fingerprint density at radius 1 is 1.32 bits per heavy atom. The highest BCUT2D eigenvalue weighted by molar-refractivity contribution is 6.30. The van der Waals surface area contributed by atoms with Crippen LogP contribution in [0.4, 0.5) is 8.78 Å². The van der Waals surface area contributed by atoms with Gasteiger partial charge in [0.25, 0.3) is 0 Å². The van der Waals surface area contributed by atoms with Crippen LogP contribution in [0.3, 0.4) is 0 Å². The van der Waals surface area contributed by atoms with E-state index in [1.165, 1.54) is 6.42 Å². The first kappa shape index (κ1) is 14.7. The van der Waals surface area contributed by atoms with E-state index < -0.39 is 17.7 Å². The summed E-state index contributed by atoms with van der Waals surface area (Å²) >= 11 is 5.57. The van der Waals surface area contributed by atoms with E-state index in [4.69, 9.17) is 17.3 Å². The summed E-state index contributed by atoms with van der Waals surface area (Å²) in [5.74, 6) is -0.215. The van der Waals surface area contributed by atoms with Crippen molar-refractivity contribution in [3.05, 3.63) is 34.4 Å². The molecule has 0 heterocycles. The maximum atomic E-state index is 13.9. The van der Waals surface area contributed by atoms with E-state index in [9.17, 15) is 8.78 Å². The third-order valence-corrected chi connectivity index (χ3v) is 4.60. The third-order valence-electron chi connectivity index (χ3n) is 4.31. The van der Waals surface area contributed by atoms with Gasteiger partial charge < -0.3 is 5.73 Å². The van der Waals surface area contributed by atoms with Crippen molar-refractivity contribution in [1.29, 1.82) is 0 Å². The highest BCUT2D eigenvalue weighted by atomic mass is 35.5. The summed E-state index contributed by atoms with van der Waals surface area (Å²) in [5.41, 5.74) is 6.41. The quantitative estimate of drug-likeness (QED) is 0.791. The van der Waals surface area contributed by atoms with Crippen LogP contribution in [-0.2, 0) is 0 Å². The summed E-state index contributed by atoms with van der Waals surface area (Å²) in [6, 6.07) is 1.73. The van der Waals surface area contributed by atoms with Crippen LogP contribution in [0.2, 0.25) is 5.02 Å². The molecule has 3 atom stereocenters. The minimum atomic E-state index is -0.601. The molecule has 0 spiro atoms. The van der Waals surface area contributed by atoms with Gasteiger partial charge in [0, 0.05) is 11.6 Å². The molecule has 1 aromatic rings. The third kappa shape index (κ3) is 3.26. The lowest BCUT2D eigenvalue weighted by atomic mass is 9.75. The number of halogens is 3. The molecule has 1 fully saturated rings. The van der Waals surface area contributed by atoms with Crippen molar-refractivity contribution in [2.45, 2.75) is 45.1 Å². The molecule has 1 aromatic carbocycles. The first-order valence-corrected chi connectivity index (χ1v) is 7.30. The molecule has 19 heavy (non-hydrogen) atoms. The Balaban J connectivity index is 2.19. The molecule has 1 aliphatic rings. The lowest BCUT2D eigenvalue weighted by Gasteiger charge is -2.32. The van der Waals surface area contributed by atoms with E-state index in [0.29, 0.717) is 5.92 Å². The molecule has 3 unspecified atom stereocenters. The van der Waals surface area contributed by atoms with Gasteiger partial charge in [0.2, 0.25) is 0 Å². The fourth-order valence-electron chi connectivity index (χ4n) is 3.08. The number of nitrogens with two attached hydrogens (primary N) is 1. The van der Waals surface area contributed by atoms with Gasteiger partial charge >= 0.3 is 0 Å². The molecule has 0 radical (unpaired) electrons. The van der Waals surface area contributed by atoms with Crippen molar-refractivity contribution < 1.29 is 8.78 Å². The number of hydrogen-bond donors (Lipinski definition) is 1. The van der Waals surface area contributed by atoms with Crippen LogP contribution < -0.4 is 5.73 Å². The van der Waals surface area contributed by atoms with Gasteiger partial charge in [-0.15, -0.1) is 0 Å². The summed E-state index contributed by atoms with van der Waals surface area (Å²) in [7, 11) is 0. The predicted molar refractivity (Wildman–Crippen MR) is 74.0 cm³/mol. The Morgan fingerprint density at radius 2 is 2.05 bits per heavy atom. The second-order valence-corrected chi connectivity index (χ2v) is 5.92. The van der Waals surface area contributed by atoms with Crippen molar-refractivity contribution in [3.63, 3.8) is 0 Å². The maximum Gasteiger partial charge on any atom is 0.142 e. The van der Waals surface area contributed by atoms with Crippen LogP contribution in [0.25, 0.3) is 0 Å². The summed E-state index contributed by atoms with van der Waals surface area (Å²) in [6.45, 7) is 2.17. The molecule has 4 heteroatoms. The second kappa shape index (κ2) is 6.19. The van der Waals surface area contributed by atoms with Crippen LogP contribution in [0, 0.1) is 23.5 Å². The molecule has 2 rings (SSSR count). The predicted octanol–water partition coefficient (Wildman–Crippen LogP) is 4.83. The minimum absolute atomic E-state index is 0.191. The van der Waals surface area contributed by atoms with Crippen LogP contribution >= 0.6 is 11.6 Å². The van der Waals surface area contributed by atoms with Crippen LogP contribution in [0.1, 0.15) is 50.6 Å². The number of rotatable bonds is 3. The minimum Gasteiger partial charge on any atom is -0.324 e. The van der Waals surface area contributed by atoms with Gasteiger partial charge in [-0.2, -0.15) is 0 Å². The first-order chi connectivity index (χ1) is 9.02. The van der Waals surface area contributed by atoms with Gasteiger partial charge in [-0.05, 0) is 36.8 Å². The smallest absolute Gasteiger partial charge is 0.142 e. The Labute approximate surface area is 118 Å². The number of benzene rings is 1. The van der Waals surface area contributed by atoms with Crippen molar-refractivity contribution >= 4 is 11.6 Å². The van der Waals surface area contributed by atoms with Crippen molar-refractivity contribution in [3.8, 4) is 0 Å².